The molecule has 0 fully saturated rings. The van der Waals surface area contributed by atoms with E-state index in [4.69, 9.17) is 37.4 Å². The van der Waals surface area contributed by atoms with Gasteiger partial charge in [0, 0.05) is 21.2 Å². The lowest BCUT2D eigenvalue weighted by atomic mass is 9.96. The smallest absolute Gasteiger partial charge is 0.338 e. The zero-order valence-corrected chi connectivity index (χ0v) is 24.8. The van der Waals surface area contributed by atoms with Crippen molar-refractivity contribution in [3.05, 3.63) is 124 Å². The van der Waals surface area contributed by atoms with Gasteiger partial charge in [0.2, 0.25) is 0 Å². The summed E-state index contributed by atoms with van der Waals surface area (Å²) < 4.78 is 18.8. The number of nitrogens with zero attached hydrogens (tertiary/aromatic N) is 2. The first kappa shape index (κ1) is 28.7. The monoisotopic (exact) mass is 608 g/mol. The van der Waals surface area contributed by atoms with Crippen molar-refractivity contribution in [3.63, 3.8) is 0 Å². The van der Waals surface area contributed by atoms with Crippen LogP contribution in [0.2, 0.25) is 10.0 Å². The van der Waals surface area contributed by atoms with E-state index in [2.05, 4.69) is 4.99 Å². The molecule has 4 aromatic rings. The summed E-state index contributed by atoms with van der Waals surface area (Å²) in [6.07, 6.45) is 1.77. The average molecular weight is 610 g/mol. The molecular weight excluding hydrogens is 583 g/mol. The first-order chi connectivity index (χ1) is 19.8. The maximum Gasteiger partial charge on any atom is 0.338 e. The summed E-state index contributed by atoms with van der Waals surface area (Å²) >= 11 is 13.6. The second-order valence-corrected chi connectivity index (χ2v) is 11.0. The minimum atomic E-state index is -0.711. The van der Waals surface area contributed by atoms with Crippen LogP contribution in [0.3, 0.4) is 0 Å². The number of rotatable bonds is 8. The van der Waals surface area contributed by atoms with Gasteiger partial charge >= 0.3 is 5.97 Å². The molecule has 0 bridgehead atoms. The molecule has 2 heterocycles. The molecule has 210 valence electrons. The zero-order valence-electron chi connectivity index (χ0n) is 22.5. The van der Waals surface area contributed by atoms with E-state index in [1.54, 1.807) is 55.9 Å². The Bertz CT molecular complexity index is 1830. The number of thiazole rings is 1. The number of hydrogen-bond donors (Lipinski definition) is 0. The number of ether oxygens (including phenoxy) is 3. The zero-order chi connectivity index (χ0) is 29.1. The maximum absolute atomic E-state index is 13.9. The molecule has 5 rings (SSSR count). The van der Waals surface area contributed by atoms with E-state index in [-0.39, 0.29) is 18.8 Å². The number of aromatic nitrogens is 1. The number of methoxy groups -OCH3 is 1. The van der Waals surface area contributed by atoms with E-state index in [1.807, 2.05) is 42.5 Å². The summed E-state index contributed by atoms with van der Waals surface area (Å²) in [5.74, 6) is 0.735. The largest absolute Gasteiger partial charge is 0.497 e. The fraction of sp³-hybridized carbons (Fsp3) is 0.194. The lowest BCUT2D eigenvalue weighted by Crippen LogP contribution is -2.39. The number of benzene rings is 3. The van der Waals surface area contributed by atoms with Gasteiger partial charge in [-0.1, -0.05) is 70.9 Å². The molecule has 3 aromatic carbocycles. The number of allylic oxidation sites excluding steroid dienone is 1. The third kappa shape index (κ3) is 5.95. The molecule has 0 radical (unpaired) electrons. The third-order valence-electron chi connectivity index (χ3n) is 6.55. The van der Waals surface area contributed by atoms with Crippen LogP contribution in [-0.2, 0) is 16.1 Å². The Kier molecular flexibility index (Phi) is 8.63. The molecule has 10 heteroatoms. The molecular formula is C31H26Cl2N2O5S. The molecule has 0 N–H and O–H groups in total. The molecule has 0 saturated carbocycles. The van der Waals surface area contributed by atoms with Crippen LogP contribution in [0, 0.1) is 0 Å². The minimum Gasteiger partial charge on any atom is -0.497 e. The Morgan fingerprint density at radius 1 is 1.10 bits per heavy atom. The highest BCUT2D eigenvalue weighted by molar-refractivity contribution is 7.07. The molecule has 7 nitrogen and oxygen atoms in total. The highest BCUT2D eigenvalue weighted by Crippen LogP contribution is 2.32. The van der Waals surface area contributed by atoms with Gasteiger partial charge < -0.3 is 14.2 Å². The van der Waals surface area contributed by atoms with Crippen LogP contribution < -0.4 is 24.4 Å². The average Bonchev–Trinajstić information content (AvgIpc) is 3.26. The SMILES string of the molecule is CCOC(=O)C1=C(C)N=c2s/c(=C\c3ccccc3OCc3ccc(Cl)cc3Cl)c(=O)n2[C@@H]1c1ccc(OC)cc1. The van der Waals surface area contributed by atoms with Crippen molar-refractivity contribution >= 4 is 46.6 Å². The van der Waals surface area contributed by atoms with Crippen LogP contribution in [0.1, 0.15) is 36.6 Å². The summed E-state index contributed by atoms with van der Waals surface area (Å²) in [5.41, 5.74) is 2.77. The van der Waals surface area contributed by atoms with Gasteiger partial charge in [0.1, 0.15) is 18.1 Å². The Balaban J connectivity index is 1.58. The van der Waals surface area contributed by atoms with Crippen LogP contribution in [0.15, 0.2) is 87.8 Å². The Morgan fingerprint density at radius 3 is 2.56 bits per heavy atom. The number of esters is 1. The lowest BCUT2D eigenvalue weighted by molar-refractivity contribution is -0.139. The molecule has 0 unspecified atom stereocenters. The normalized spacial score (nSPS) is 14.9. The number of halogens is 2. The minimum absolute atomic E-state index is 0.202. The molecule has 0 aliphatic carbocycles. The van der Waals surface area contributed by atoms with Gasteiger partial charge in [-0.05, 0) is 55.8 Å². The third-order valence-corrected chi connectivity index (χ3v) is 8.12. The number of carbonyl (C=O) groups is 1. The van der Waals surface area contributed by atoms with Crippen molar-refractivity contribution in [1.82, 2.24) is 4.57 Å². The standard InChI is InChI=1S/C31H26Cl2N2O5S/c1-4-39-30(37)27-18(2)34-31-35(28(27)19-10-13-23(38-3)14-11-19)29(36)26(41-31)15-20-7-5-6-8-25(20)40-17-21-9-12-22(32)16-24(21)33/h5-16,28H,4,17H2,1-3H3/b26-15-/t28-/m1/s1. The summed E-state index contributed by atoms with van der Waals surface area (Å²) in [6.45, 7) is 3.92. The van der Waals surface area contributed by atoms with E-state index >= 15 is 0 Å². The topological polar surface area (TPSA) is 79.1 Å². The number of carbonyl (C=O) groups excluding carboxylic acids is 1. The van der Waals surface area contributed by atoms with Crippen molar-refractivity contribution in [2.45, 2.75) is 26.5 Å². The van der Waals surface area contributed by atoms with Gasteiger partial charge in [-0.3, -0.25) is 9.36 Å². The first-order valence-electron chi connectivity index (χ1n) is 12.8. The summed E-state index contributed by atoms with van der Waals surface area (Å²) in [4.78, 5) is 32.2. The number of hydrogen-bond acceptors (Lipinski definition) is 7. The predicted molar refractivity (Wildman–Crippen MR) is 161 cm³/mol. The summed E-state index contributed by atoms with van der Waals surface area (Å²) in [5, 5.41) is 1.05. The molecule has 0 amide bonds. The van der Waals surface area contributed by atoms with Gasteiger partial charge in [0.25, 0.3) is 5.56 Å². The van der Waals surface area contributed by atoms with Crippen LogP contribution in [0.25, 0.3) is 6.08 Å². The quantitative estimate of drug-likeness (QED) is 0.240. The van der Waals surface area contributed by atoms with E-state index < -0.39 is 12.0 Å². The molecule has 41 heavy (non-hydrogen) atoms. The van der Waals surface area contributed by atoms with Gasteiger partial charge in [0.15, 0.2) is 4.80 Å². The van der Waals surface area contributed by atoms with Gasteiger partial charge in [-0.15, -0.1) is 0 Å². The van der Waals surface area contributed by atoms with Crippen LogP contribution in [-0.4, -0.2) is 24.3 Å². The molecule has 0 spiro atoms. The van der Waals surface area contributed by atoms with Crippen LogP contribution >= 0.6 is 34.5 Å². The summed E-state index contributed by atoms with van der Waals surface area (Å²) in [6, 6.07) is 19.2. The Morgan fingerprint density at radius 2 is 1.85 bits per heavy atom. The van der Waals surface area contributed by atoms with E-state index in [0.717, 1.165) is 11.1 Å². The maximum atomic E-state index is 13.9. The van der Waals surface area contributed by atoms with Crippen LogP contribution in [0.4, 0.5) is 0 Å². The van der Waals surface area contributed by atoms with E-state index in [1.165, 1.54) is 11.3 Å². The molecule has 1 aliphatic rings. The molecule has 1 aromatic heterocycles. The van der Waals surface area contributed by atoms with E-state index in [0.29, 0.717) is 47.7 Å². The summed E-state index contributed by atoms with van der Waals surface area (Å²) in [7, 11) is 1.58. The Labute approximate surface area is 250 Å². The fourth-order valence-electron chi connectivity index (χ4n) is 4.56. The second-order valence-electron chi connectivity index (χ2n) is 9.14. The molecule has 1 aliphatic heterocycles. The second kappa shape index (κ2) is 12.3. The van der Waals surface area contributed by atoms with Crippen molar-refractivity contribution in [1.29, 1.82) is 0 Å². The van der Waals surface area contributed by atoms with Crippen molar-refractivity contribution in [3.8, 4) is 11.5 Å². The Hall–Kier alpha value is -3.85. The van der Waals surface area contributed by atoms with Crippen molar-refractivity contribution in [2.24, 2.45) is 4.99 Å². The van der Waals surface area contributed by atoms with Gasteiger partial charge in [-0.2, -0.15) is 0 Å². The predicted octanol–water partition coefficient (Wildman–Crippen LogP) is 5.69. The van der Waals surface area contributed by atoms with E-state index in [9.17, 15) is 9.59 Å². The van der Waals surface area contributed by atoms with Crippen LogP contribution in [0.5, 0.6) is 11.5 Å². The number of fused-ring (bicyclic) bond motifs is 1. The fourth-order valence-corrected chi connectivity index (χ4v) is 6.06. The lowest BCUT2D eigenvalue weighted by Gasteiger charge is -2.24. The van der Waals surface area contributed by atoms with Gasteiger partial charge in [-0.25, -0.2) is 9.79 Å². The van der Waals surface area contributed by atoms with Crippen molar-refractivity contribution < 1.29 is 19.0 Å². The molecule has 1 atom stereocenters. The van der Waals surface area contributed by atoms with Crippen molar-refractivity contribution in [2.75, 3.05) is 13.7 Å². The molecule has 0 saturated heterocycles. The number of para-hydroxylation sites is 1. The first-order valence-corrected chi connectivity index (χ1v) is 14.4. The highest BCUT2D eigenvalue weighted by atomic mass is 35.5. The highest BCUT2D eigenvalue weighted by Gasteiger charge is 2.33. The van der Waals surface area contributed by atoms with Gasteiger partial charge in [0.05, 0.1) is 35.6 Å².